The van der Waals surface area contributed by atoms with E-state index in [0.29, 0.717) is 25.9 Å². The zero-order chi connectivity index (χ0) is 14.6. The fourth-order valence-electron chi connectivity index (χ4n) is 1.91. The van der Waals surface area contributed by atoms with Gasteiger partial charge in [-0.25, -0.2) is 4.79 Å². The number of hydroxylamine groups is 2. The second kappa shape index (κ2) is 6.34. The van der Waals surface area contributed by atoms with Gasteiger partial charge in [-0.15, -0.1) is 5.06 Å². The first-order valence-corrected chi connectivity index (χ1v) is 6.56. The number of hydrogen-bond donors (Lipinski definition) is 1. The standard InChI is InChI=1S/C13H24N2O4/c1-13(2,3)12(17)19-15-7-5-9(6-8-15)10(14)11(16)18-4/h9-10H,5-8,14H2,1-4H3. The topological polar surface area (TPSA) is 81.9 Å². The Bertz CT molecular complexity index is 330. The van der Waals surface area contributed by atoms with E-state index in [2.05, 4.69) is 4.74 Å². The average molecular weight is 272 g/mol. The third kappa shape index (κ3) is 4.47. The van der Waals surface area contributed by atoms with Crippen molar-refractivity contribution in [3.05, 3.63) is 0 Å². The Morgan fingerprint density at radius 1 is 1.26 bits per heavy atom. The lowest BCUT2D eigenvalue weighted by Crippen LogP contribution is -2.46. The maximum absolute atomic E-state index is 11.7. The SMILES string of the molecule is COC(=O)C(N)C1CCN(OC(=O)C(C)(C)C)CC1. The number of nitrogens with zero attached hydrogens (tertiary/aromatic N) is 1. The molecule has 0 aromatic heterocycles. The van der Waals surface area contributed by atoms with Gasteiger partial charge in [0.1, 0.15) is 6.04 Å². The Morgan fingerprint density at radius 3 is 2.21 bits per heavy atom. The van der Waals surface area contributed by atoms with Crippen LogP contribution in [0.1, 0.15) is 33.6 Å². The van der Waals surface area contributed by atoms with Gasteiger partial charge in [0.05, 0.1) is 12.5 Å². The first kappa shape index (κ1) is 15.9. The van der Waals surface area contributed by atoms with Crippen molar-refractivity contribution < 1.29 is 19.2 Å². The van der Waals surface area contributed by atoms with Gasteiger partial charge in [-0.05, 0) is 39.5 Å². The van der Waals surface area contributed by atoms with Gasteiger partial charge in [0, 0.05) is 13.1 Å². The molecule has 1 heterocycles. The number of carbonyl (C=O) groups is 2. The highest BCUT2D eigenvalue weighted by Crippen LogP contribution is 2.23. The minimum Gasteiger partial charge on any atom is -0.468 e. The van der Waals surface area contributed by atoms with E-state index in [1.54, 1.807) is 5.06 Å². The lowest BCUT2D eigenvalue weighted by molar-refractivity contribution is -0.206. The van der Waals surface area contributed by atoms with E-state index in [0.717, 1.165) is 0 Å². The molecule has 0 aromatic carbocycles. The van der Waals surface area contributed by atoms with E-state index < -0.39 is 11.5 Å². The number of methoxy groups -OCH3 is 1. The van der Waals surface area contributed by atoms with E-state index in [1.807, 2.05) is 20.8 Å². The molecule has 0 amide bonds. The summed E-state index contributed by atoms with van der Waals surface area (Å²) >= 11 is 0. The fraction of sp³-hybridized carbons (Fsp3) is 0.846. The molecule has 1 unspecified atom stereocenters. The zero-order valence-corrected chi connectivity index (χ0v) is 12.1. The van der Waals surface area contributed by atoms with Crippen molar-refractivity contribution in [3.63, 3.8) is 0 Å². The number of hydrogen-bond acceptors (Lipinski definition) is 6. The summed E-state index contributed by atoms with van der Waals surface area (Å²) in [5.41, 5.74) is 5.30. The minimum atomic E-state index is -0.592. The predicted molar refractivity (Wildman–Crippen MR) is 69.8 cm³/mol. The van der Waals surface area contributed by atoms with Crippen LogP contribution in [0.25, 0.3) is 0 Å². The normalized spacial score (nSPS) is 19.8. The minimum absolute atomic E-state index is 0.0806. The summed E-state index contributed by atoms with van der Waals surface area (Å²) in [7, 11) is 1.34. The molecule has 1 rings (SSSR count). The second-order valence-electron chi connectivity index (χ2n) is 5.94. The van der Waals surface area contributed by atoms with Gasteiger partial charge < -0.3 is 15.3 Å². The van der Waals surface area contributed by atoms with Gasteiger partial charge in [0.15, 0.2) is 0 Å². The Labute approximate surface area is 114 Å². The molecule has 0 saturated carbocycles. The molecule has 19 heavy (non-hydrogen) atoms. The molecule has 1 saturated heterocycles. The predicted octanol–water partition coefficient (Wildman–Crippen LogP) is 0.703. The number of piperidine rings is 1. The molecule has 1 aliphatic heterocycles. The summed E-state index contributed by atoms with van der Waals surface area (Å²) in [6.07, 6.45) is 1.43. The van der Waals surface area contributed by atoms with Crippen LogP contribution >= 0.6 is 0 Å². The second-order valence-corrected chi connectivity index (χ2v) is 5.94. The van der Waals surface area contributed by atoms with E-state index in [9.17, 15) is 9.59 Å². The summed E-state index contributed by atoms with van der Waals surface area (Å²) in [4.78, 5) is 28.4. The van der Waals surface area contributed by atoms with Gasteiger partial charge in [-0.1, -0.05) is 0 Å². The maximum atomic E-state index is 11.7. The van der Waals surface area contributed by atoms with E-state index in [1.165, 1.54) is 7.11 Å². The molecule has 0 spiro atoms. The smallest absolute Gasteiger partial charge is 0.330 e. The summed E-state index contributed by atoms with van der Waals surface area (Å²) in [6.45, 7) is 6.63. The van der Waals surface area contributed by atoms with Gasteiger partial charge in [-0.3, -0.25) is 4.79 Å². The van der Waals surface area contributed by atoms with Crippen LogP contribution in [0.4, 0.5) is 0 Å². The summed E-state index contributed by atoms with van der Waals surface area (Å²) in [6, 6.07) is -0.592. The van der Waals surface area contributed by atoms with Crippen molar-refractivity contribution >= 4 is 11.9 Å². The first-order chi connectivity index (χ1) is 8.75. The Hall–Kier alpha value is -1.14. The molecule has 1 atom stereocenters. The Kier molecular flexibility index (Phi) is 5.31. The van der Waals surface area contributed by atoms with Crippen LogP contribution < -0.4 is 5.73 Å². The Morgan fingerprint density at radius 2 is 1.79 bits per heavy atom. The Balaban J connectivity index is 2.41. The molecule has 1 aliphatic rings. The third-order valence-electron chi connectivity index (χ3n) is 3.30. The van der Waals surface area contributed by atoms with Crippen LogP contribution in [0, 0.1) is 11.3 Å². The molecule has 0 radical (unpaired) electrons. The van der Waals surface area contributed by atoms with Crippen molar-refractivity contribution in [3.8, 4) is 0 Å². The van der Waals surface area contributed by atoms with Crippen LogP contribution in [0.15, 0.2) is 0 Å². The van der Waals surface area contributed by atoms with Crippen molar-refractivity contribution in [2.45, 2.75) is 39.7 Å². The van der Waals surface area contributed by atoms with Crippen LogP contribution in [0.2, 0.25) is 0 Å². The molecule has 1 fully saturated rings. The van der Waals surface area contributed by atoms with Crippen molar-refractivity contribution in [2.75, 3.05) is 20.2 Å². The largest absolute Gasteiger partial charge is 0.468 e. The summed E-state index contributed by atoms with van der Waals surface area (Å²) < 4.78 is 4.64. The van der Waals surface area contributed by atoms with Gasteiger partial charge in [0.2, 0.25) is 0 Å². The summed E-state index contributed by atoms with van der Waals surface area (Å²) in [5, 5.41) is 1.65. The van der Waals surface area contributed by atoms with Gasteiger partial charge in [-0.2, -0.15) is 0 Å². The molecular weight excluding hydrogens is 248 g/mol. The molecule has 6 nitrogen and oxygen atoms in total. The number of carbonyl (C=O) groups excluding carboxylic acids is 2. The van der Waals surface area contributed by atoms with Crippen LogP contribution in [0.3, 0.4) is 0 Å². The summed E-state index contributed by atoms with van der Waals surface area (Å²) in [5.74, 6) is -0.551. The quantitative estimate of drug-likeness (QED) is 0.762. The fourth-order valence-corrected chi connectivity index (χ4v) is 1.91. The third-order valence-corrected chi connectivity index (χ3v) is 3.30. The molecular formula is C13H24N2O4. The zero-order valence-electron chi connectivity index (χ0n) is 12.1. The molecule has 6 heteroatoms. The lowest BCUT2D eigenvalue weighted by atomic mass is 9.90. The van der Waals surface area contributed by atoms with E-state index in [-0.39, 0.29) is 17.9 Å². The van der Waals surface area contributed by atoms with Crippen LogP contribution in [-0.2, 0) is 19.2 Å². The van der Waals surface area contributed by atoms with Crippen molar-refractivity contribution in [1.29, 1.82) is 0 Å². The monoisotopic (exact) mass is 272 g/mol. The van der Waals surface area contributed by atoms with Crippen LogP contribution in [0.5, 0.6) is 0 Å². The molecule has 0 bridgehead atoms. The number of esters is 1. The molecule has 110 valence electrons. The number of nitrogens with two attached hydrogens (primary N) is 1. The maximum Gasteiger partial charge on any atom is 0.330 e. The van der Waals surface area contributed by atoms with Crippen molar-refractivity contribution in [1.82, 2.24) is 5.06 Å². The highest BCUT2D eigenvalue weighted by Gasteiger charge is 2.32. The molecule has 0 aromatic rings. The van der Waals surface area contributed by atoms with Crippen molar-refractivity contribution in [2.24, 2.45) is 17.1 Å². The average Bonchev–Trinajstić information content (AvgIpc) is 2.36. The highest BCUT2D eigenvalue weighted by molar-refractivity contribution is 5.76. The van der Waals surface area contributed by atoms with Gasteiger partial charge in [0.25, 0.3) is 0 Å². The van der Waals surface area contributed by atoms with E-state index >= 15 is 0 Å². The molecule has 0 aliphatic carbocycles. The number of ether oxygens (including phenoxy) is 1. The number of rotatable bonds is 3. The highest BCUT2D eigenvalue weighted by atomic mass is 16.7. The lowest BCUT2D eigenvalue weighted by Gasteiger charge is -2.33. The first-order valence-electron chi connectivity index (χ1n) is 6.56. The molecule has 2 N–H and O–H groups in total. The van der Waals surface area contributed by atoms with Crippen LogP contribution in [-0.4, -0.2) is 43.2 Å². The van der Waals surface area contributed by atoms with Gasteiger partial charge >= 0.3 is 11.9 Å². The van der Waals surface area contributed by atoms with E-state index in [4.69, 9.17) is 10.6 Å².